The second-order valence-corrected chi connectivity index (χ2v) is 5.22. The second-order valence-electron chi connectivity index (χ2n) is 5.22. The van der Waals surface area contributed by atoms with Crippen LogP contribution in [0.1, 0.15) is 43.5 Å². The van der Waals surface area contributed by atoms with E-state index in [0.717, 1.165) is 43.0 Å². The van der Waals surface area contributed by atoms with Gasteiger partial charge in [0.05, 0.1) is 5.56 Å². The van der Waals surface area contributed by atoms with Gasteiger partial charge in [0.15, 0.2) is 0 Å². The number of para-hydroxylation sites is 1. The predicted octanol–water partition coefficient (Wildman–Crippen LogP) is 3.04. The van der Waals surface area contributed by atoms with E-state index in [1.165, 1.54) is 0 Å². The van der Waals surface area contributed by atoms with Crippen LogP contribution >= 0.6 is 0 Å². The van der Waals surface area contributed by atoms with Crippen LogP contribution < -0.4 is 10.6 Å². The van der Waals surface area contributed by atoms with Crippen LogP contribution in [0.5, 0.6) is 0 Å². The summed E-state index contributed by atoms with van der Waals surface area (Å²) in [5.74, 6) is 0.801. The summed E-state index contributed by atoms with van der Waals surface area (Å²) in [5, 5.41) is 6.40. The lowest BCUT2D eigenvalue weighted by molar-refractivity contribution is 0.0897. The maximum absolute atomic E-state index is 12.2. The number of nitrogens with one attached hydrogen (secondary N) is 2. The molecule has 1 aliphatic rings. The summed E-state index contributed by atoms with van der Waals surface area (Å²) >= 11 is 0. The van der Waals surface area contributed by atoms with E-state index < -0.39 is 0 Å². The van der Waals surface area contributed by atoms with Gasteiger partial charge in [-0.05, 0) is 37.3 Å². The molecular formula is C15H22N2O. The highest BCUT2D eigenvalue weighted by molar-refractivity contribution is 5.99. The minimum absolute atomic E-state index is 0.0473. The fourth-order valence-corrected chi connectivity index (χ4v) is 2.38. The predicted molar refractivity (Wildman–Crippen MR) is 74.9 cm³/mol. The van der Waals surface area contributed by atoms with Gasteiger partial charge in [0, 0.05) is 18.3 Å². The molecule has 3 nitrogen and oxygen atoms in total. The minimum Gasteiger partial charge on any atom is -0.384 e. The number of hydrogen-bond acceptors (Lipinski definition) is 2. The molecule has 18 heavy (non-hydrogen) atoms. The van der Waals surface area contributed by atoms with Gasteiger partial charge in [0.2, 0.25) is 0 Å². The van der Waals surface area contributed by atoms with Gasteiger partial charge in [0.25, 0.3) is 5.91 Å². The van der Waals surface area contributed by atoms with E-state index >= 15 is 0 Å². The first-order valence-corrected chi connectivity index (χ1v) is 6.84. The lowest BCUT2D eigenvalue weighted by atomic mass is 9.82. The van der Waals surface area contributed by atoms with Crippen molar-refractivity contribution in [2.75, 3.05) is 11.9 Å². The summed E-state index contributed by atoms with van der Waals surface area (Å²) in [6.07, 6.45) is 3.27. The lowest BCUT2D eigenvalue weighted by Crippen LogP contribution is -2.43. The molecule has 0 spiro atoms. The molecule has 3 heteroatoms. The van der Waals surface area contributed by atoms with Crippen LogP contribution in [0.15, 0.2) is 24.3 Å². The standard InChI is InChI=1S/C15H22N2O/c1-3-8-16-14-7-5-4-6-13(14)15(18)17-12-9-11(2)10-12/h4-7,11-12,16H,3,8-10H2,1-2H3,(H,17,18). The average Bonchev–Trinajstić information content (AvgIpc) is 2.34. The van der Waals surface area contributed by atoms with E-state index in [1.807, 2.05) is 24.3 Å². The highest BCUT2D eigenvalue weighted by Gasteiger charge is 2.27. The van der Waals surface area contributed by atoms with Crippen LogP contribution in [0, 0.1) is 5.92 Å². The van der Waals surface area contributed by atoms with E-state index in [-0.39, 0.29) is 5.91 Å². The van der Waals surface area contributed by atoms with Crippen molar-refractivity contribution in [2.24, 2.45) is 5.92 Å². The molecule has 1 amide bonds. The van der Waals surface area contributed by atoms with Gasteiger partial charge in [-0.3, -0.25) is 4.79 Å². The Hall–Kier alpha value is -1.51. The molecule has 1 aromatic carbocycles. The smallest absolute Gasteiger partial charge is 0.253 e. The average molecular weight is 246 g/mol. The zero-order valence-corrected chi connectivity index (χ0v) is 11.2. The summed E-state index contributed by atoms with van der Waals surface area (Å²) in [6, 6.07) is 8.09. The van der Waals surface area contributed by atoms with Gasteiger partial charge in [-0.2, -0.15) is 0 Å². The topological polar surface area (TPSA) is 41.1 Å². The normalized spacial score (nSPS) is 22.1. The van der Waals surface area contributed by atoms with Crippen molar-refractivity contribution in [3.63, 3.8) is 0 Å². The first kappa shape index (κ1) is 12.9. The molecule has 1 aliphatic carbocycles. The van der Waals surface area contributed by atoms with E-state index in [4.69, 9.17) is 0 Å². The Labute approximate surface area is 109 Å². The molecular weight excluding hydrogens is 224 g/mol. The molecule has 1 aromatic rings. The molecule has 1 saturated carbocycles. The summed E-state index contributed by atoms with van der Waals surface area (Å²) in [7, 11) is 0. The van der Waals surface area contributed by atoms with Gasteiger partial charge < -0.3 is 10.6 Å². The van der Waals surface area contributed by atoms with Crippen molar-refractivity contribution in [1.29, 1.82) is 0 Å². The fourth-order valence-electron chi connectivity index (χ4n) is 2.38. The lowest BCUT2D eigenvalue weighted by Gasteiger charge is -2.33. The third-order valence-corrected chi connectivity index (χ3v) is 3.45. The largest absolute Gasteiger partial charge is 0.384 e. The van der Waals surface area contributed by atoms with Crippen LogP contribution in [0.25, 0.3) is 0 Å². The van der Waals surface area contributed by atoms with Crippen LogP contribution in [-0.2, 0) is 0 Å². The summed E-state index contributed by atoms with van der Waals surface area (Å²) in [5.41, 5.74) is 1.69. The fraction of sp³-hybridized carbons (Fsp3) is 0.533. The molecule has 2 rings (SSSR count). The van der Waals surface area contributed by atoms with Gasteiger partial charge in [-0.25, -0.2) is 0 Å². The number of hydrogen-bond donors (Lipinski definition) is 2. The first-order chi connectivity index (χ1) is 8.70. The van der Waals surface area contributed by atoms with E-state index in [1.54, 1.807) is 0 Å². The van der Waals surface area contributed by atoms with E-state index in [2.05, 4.69) is 24.5 Å². The van der Waals surface area contributed by atoms with Crippen LogP contribution in [0.4, 0.5) is 5.69 Å². The maximum Gasteiger partial charge on any atom is 0.253 e. The Kier molecular flexibility index (Phi) is 4.24. The molecule has 0 unspecified atom stereocenters. The zero-order chi connectivity index (χ0) is 13.0. The van der Waals surface area contributed by atoms with Gasteiger partial charge >= 0.3 is 0 Å². The van der Waals surface area contributed by atoms with Crippen molar-refractivity contribution in [1.82, 2.24) is 5.32 Å². The van der Waals surface area contributed by atoms with Crippen molar-refractivity contribution in [2.45, 2.75) is 39.2 Å². The molecule has 1 fully saturated rings. The van der Waals surface area contributed by atoms with E-state index in [9.17, 15) is 4.79 Å². The molecule has 0 radical (unpaired) electrons. The number of rotatable bonds is 5. The number of amides is 1. The van der Waals surface area contributed by atoms with Crippen LogP contribution in [0.3, 0.4) is 0 Å². The molecule has 0 heterocycles. The molecule has 0 aromatic heterocycles. The van der Waals surface area contributed by atoms with Crippen LogP contribution in [0.2, 0.25) is 0 Å². The van der Waals surface area contributed by atoms with Gasteiger partial charge in [0.1, 0.15) is 0 Å². The molecule has 2 N–H and O–H groups in total. The molecule has 0 atom stereocenters. The molecule has 0 bridgehead atoms. The molecule has 0 saturated heterocycles. The Morgan fingerprint density at radius 1 is 1.33 bits per heavy atom. The van der Waals surface area contributed by atoms with E-state index in [0.29, 0.717) is 6.04 Å². The first-order valence-electron chi connectivity index (χ1n) is 6.84. The third kappa shape index (κ3) is 3.03. The summed E-state index contributed by atoms with van der Waals surface area (Å²) < 4.78 is 0. The van der Waals surface area contributed by atoms with Gasteiger partial charge in [-0.15, -0.1) is 0 Å². The Morgan fingerprint density at radius 3 is 2.72 bits per heavy atom. The minimum atomic E-state index is 0.0473. The number of carbonyl (C=O) groups is 1. The highest BCUT2D eigenvalue weighted by atomic mass is 16.1. The maximum atomic E-state index is 12.2. The quantitative estimate of drug-likeness (QED) is 0.838. The highest BCUT2D eigenvalue weighted by Crippen LogP contribution is 2.27. The Bertz CT molecular complexity index is 411. The van der Waals surface area contributed by atoms with Crippen LogP contribution in [-0.4, -0.2) is 18.5 Å². The Balaban J connectivity index is 2.00. The Morgan fingerprint density at radius 2 is 2.06 bits per heavy atom. The molecule has 98 valence electrons. The second kappa shape index (κ2) is 5.89. The number of carbonyl (C=O) groups excluding carboxylic acids is 1. The summed E-state index contributed by atoms with van der Waals surface area (Å²) in [6.45, 7) is 5.23. The molecule has 0 aliphatic heterocycles. The monoisotopic (exact) mass is 246 g/mol. The van der Waals surface area contributed by atoms with Crippen molar-refractivity contribution < 1.29 is 4.79 Å². The zero-order valence-electron chi connectivity index (χ0n) is 11.2. The third-order valence-electron chi connectivity index (χ3n) is 3.45. The van der Waals surface area contributed by atoms with Crippen molar-refractivity contribution in [3.8, 4) is 0 Å². The number of benzene rings is 1. The van der Waals surface area contributed by atoms with Crippen molar-refractivity contribution >= 4 is 11.6 Å². The number of anilines is 1. The van der Waals surface area contributed by atoms with Crippen molar-refractivity contribution in [3.05, 3.63) is 29.8 Å². The SMILES string of the molecule is CCCNc1ccccc1C(=O)NC1CC(C)C1. The van der Waals surface area contributed by atoms with Gasteiger partial charge in [-0.1, -0.05) is 26.0 Å². The summed E-state index contributed by atoms with van der Waals surface area (Å²) in [4.78, 5) is 12.2.